The third-order valence-corrected chi connectivity index (χ3v) is 3.59. The standard InChI is InChI=1S/C17H16N2O4/c1-21-14-8-11(9-15(22-2)16(14)23-3)19-10-18-13-7-5-4-6-12(13)17(19)20/h4-10H,1-3H3. The SMILES string of the molecule is COc1cc(-n2cnc3ccccc3c2=O)cc(OC)c1OC. The third-order valence-electron chi connectivity index (χ3n) is 3.59. The number of rotatable bonds is 4. The molecule has 0 amide bonds. The summed E-state index contributed by atoms with van der Waals surface area (Å²) in [7, 11) is 4.59. The number of benzene rings is 2. The van der Waals surface area contributed by atoms with Gasteiger partial charge in [0.15, 0.2) is 11.5 Å². The first-order valence-electron chi connectivity index (χ1n) is 6.96. The Hall–Kier alpha value is -3.02. The van der Waals surface area contributed by atoms with Gasteiger partial charge in [-0.1, -0.05) is 12.1 Å². The van der Waals surface area contributed by atoms with Crippen LogP contribution in [0, 0.1) is 0 Å². The van der Waals surface area contributed by atoms with Crippen molar-refractivity contribution in [2.45, 2.75) is 0 Å². The Morgan fingerprint density at radius 3 is 2.22 bits per heavy atom. The van der Waals surface area contributed by atoms with Crippen LogP contribution in [0.5, 0.6) is 17.2 Å². The van der Waals surface area contributed by atoms with E-state index in [-0.39, 0.29) is 5.56 Å². The van der Waals surface area contributed by atoms with Crippen molar-refractivity contribution in [2.24, 2.45) is 0 Å². The van der Waals surface area contributed by atoms with E-state index in [1.165, 1.54) is 32.2 Å². The molecule has 23 heavy (non-hydrogen) atoms. The van der Waals surface area contributed by atoms with E-state index in [0.29, 0.717) is 33.8 Å². The van der Waals surface area contributed by atoms with Gasteiger partial charge in [-0.25, -0.2) is 4.98 Å². The van der Waals surface area contributed by atoms with E-state index in [2.05, 4.69) is 4.98 Å². The van der Waals surface area contributed by atoms with Crippen molar-refractivity contribution in [2.75, 3.05) is 21.3 Å². The Kier molecular flexibility index (Phi) is 3.89. The fraction of sp³-hybridized carbons (Fsp3) is 0.176. The van der Waals surface area contributed by atoms with Gasteiger partial charge in [0.25, 0.3) is 5.56 Å². The minimum atomic E-state index is -0.162. The van der Waals surface area contributed by atoms with Crippen LogP contribution in [0.1, 0.15) is 0 Å². The predicted octanol–water partition coefficient (Wildman–Crippen LogP) is 2.41. The van der Waals surface area contributed by atoms with Crippen molar-refractivity contribution >= 4 is 10.9 Å². The fourth-order valence-electron chi connectivity index (χ4n) is 2.46. The molecule has 2 aromatic carbocycles. The van der Waals surface area contributed by atoms with E-state index in [4.69, 9.17) is 14.2 Å². The normalized spacial score (nSPS) is 10.6. The molecule has 1 aromatic heterocycles. The van der Waals surface area contributed by atoms with Gasteiger partial charge in [-0.3, -0.25) is 9.36 Å². The maximum absolute atomic E-state index is 12.7. The van der Waals surface area contributed by atoms with Crippen molar-refractivity contribution in [1.29, 1.82) is 0 Å². The molecule has 0 fully saturated rings. The number of ether oxygens (including phenoxy) is 3. The van der Waals surface area contributed by atoms with Gasteiger partial charge in [-0.05, 0) is 12.1 Å². The molecular formula is C17H16N2O4. The lowest BCUT2D eigenvalue weighted by Gasteiger charge is -2.15. The molecule has 118 valence electrons. The van der Waals surface area contributed by atoms with Crippen molar-refractivity contribution in [1.82, 2.24) is 9.55 Å². The summed E-state index contributed by atoms with van der Waals surface area (Å²) in [5, 5.41) is 0.545. The number of methoxy groups -OCH3 is 3. The summed E-state index contributed by atoms with van der Waals surface area (Å²) < 4.78 is 17.4. The lowest BCUT2D eigenvalue weighted by atomic mass is 10.2. The zero-order valence-corrected chi connectivity index (χ0v) is 13.1. The molecule has 6 nitrogen and oxygen atoms in total. The number of aromatic nitrogens is 2. The molecule has 0 unspecified atom stereocenters. The summed E-state index contributed by atoms with van der Waals surface area (Å²) in [4.78, 5) is 17.0. The van der Waals surface area contributed by atoms with Crippen LogP contribution in [-0.2, 0) is 0 Å². The molecule has 0 aliphatic carbocycles. The van der Waals surface area contributed by atoms with Crippen LogP contribution in [-0.4, -0.2) is 30.9 Å². The van der Waals surface area contributed by atoms with Crippen LogP contribution in [0.25, 0.3) is 16.6 Å². The van der Waals surface area contributed by atoms with E-state index >= 15 is 0 Å². The third kappa shape index (κ3) is 2.48. The molecule has 3 rings (SSSR count). The smallest absolute Gasteiger partial charge is 0.265 e. The van der Waals surface area contributed by atoms with Gasteiger partial charge in [0.05, 0.1) is 37.9 Å². The average molecular weight is 312 g/mol. The minimum absolute atomic E-state index is 0.162. The molecule has 0 aliphatic heterocycles. The Labute approximate surface area is 132 Å². The Bertz CT molecular complexity index is 893. The predicted molar refractivity (Wildman–Crippen MR) is 87.0 cm³/mol. The Balaban J connectivity index is 2.27. The summed E-state index contributed by atoms with van der Waals surface area (Å²) in [6.45, 7) is 0. The van der Waals surface area contributed by atoms with Gasteiger partial charge < -0.3 is 14.2 Å². The molecular weight excluding hydrogens is 296 g/mol. The van der Waals surface area contributed by atoms with Crippen LogP contribution in [0.4, 0.5) is 0 Å². The van der Waals surface area contributed by atoms with Gasteiger partial charge in [-0.2, -0.15) is 0 Å². The summed E-state index contributed by atoms with van der Waals surface area (Å²) in [6.07, 6.45) is 1.49. The van der Waals surface area contributed by atoms with Crippen LogP contribution in [0.15, 0.2) is 47.5 Å². The average Bonchev–Trinajstić information content (AvgIpc) is 2.61. The maximum Gasteiger partial charge on any atom is 0.265 e. The highest BCUT2D eigenvalue weighted by molar-refractivity contribution is 5.77. The first-order valence-corrected chi connectivity index (χ1v) is 6.96. The van der Waals surface area contributed by atoms with Crippen molar-refractivity contribution in [3.63, 3.8) is 0 Å². The van der Waals surface area contributed by atoms with Gasteiger partial charge in [0.1, 0.15) is 6.33 Å². The molecule has 0 radical (unpaired) electrons. The first-order chi connectivity index (χ1) is 11.2. The first kappa shape index (κ1) is 14.9. The number of nitrogens with zero attached hydrogens (tertiary/aromatic N) is 2. The molecule has 0 N–H and O–H groups in total. The van der Waals surface area contributed by atoms with Crippen molar-refractivity contribution in [3.05, 3.63) is 53.1 Å². The molecule has 0 spiro atoms. The zero-order valence-electron chi connectivity index (χ0n) is 13.1. The lowest BCUT2D eigenvalue weighted by molar-refractivity contribution is 0.324. The lowest BCUT2D eigenvalue weighted by Crippen LogP contribution is -2.19. The molecule has 0 atom stereocenters. The fourth-order valence-corrected chi connectivity index (χ4v) is 2.46. The van der Waals surface area contributed by atoms with Gasteiger partial charge in [0.2, 0.25) is 5.75 Å². The molecule has 1 heterocycles. The van der Waals surface area contributed by atoms with Crippen LogP contribution in [0.2, 0.25) is 0 Å². The zero-order chi connectivity index (χ0) is 16.4. The van der Waals surface area contributed by atoms with Crippen LogP contribution in [0.3, 0.4) is 0 Å². The quantitative estimate of drug-likeness (QED) is 0.740. The van der Waals surface area contributed by atoms with Gasteiger partial charge in [-0.15, -0.1) is 0 Å². The highest BCUT2D eigenvalue weighted by atomic mass is 16.5. The van der Waals surface area contributed by atoms with Crippen LogP contribution >= 0.6 is 0 Å². The molecule has 3 aromatic rings. The molecule has 0 bridgehead atoms. The molecule has 0 saturated heterocycles. The van der Waals surface area contributed by atoms with E-state index in [1.807, 2.05) is 12.1 Å². The topological polar surface area (TPSA) is 62.6 Å². The minimum Gasteiger partial charge on any atom is -0.493 e. The molecule has 6 heteroatoms. The van der Waals surface area contributed by atoms with Gasteiger partial charge >= 0.3 is 0 Å². The Morgan fingerprint density at radius 2 is 1.61 bits per heavy atom. The number of hydrogen-bond donors (Lipinski definition) is 0. The van der Waals surface area contributed by atoms with E-state index in [1.54, 1.807) is 24.3 Å². The summed E-state index contributed by atoms with van der Waals surface area (Å²) in [5.41, 5.74) is 1.08. The number of fused-ring (bicyclic) bond motifs is 1. The van der Waals surface area contributed by atoms with E-state index in [9.17, 15) is 4.79 Å². The highest BCUT2D eigenvalue weighted by Gasteiger charge is 2.15. The van der Waals surface area contributed by atoms with Crippen molar-refractivity contribution in [3.8, 4) is 22.9 Å². The van der Waals surface area contributed by atoms with Gasteiger partial charge in [0, 0.05) is 12.1 Å². The largest absolute Gasteiger partial charge is 0.493 e. The maximum atomic E-state index is 12.7. The van der Waals surface area contributed by atoms with Crippen molar-refractivity contribution < 1.29 is 14.2 Å². The van der Waals surface area contributed by atoms with E-state index < -0.39 is 0 Å². The monoisotopic (exact) mass is 312 g/mol. The second-order valence-corrected chi connectivity index (χ2v) is 4.82. The highest BCUT2D eigenvalue weighted by Crippen LogP contribution is 2.39. The number of hydrogen-bond acceptors (Lipinski definition) is 5. The molecule has 0 saturated carbocycles. The summed E-state index contributed by atoms with van der Waals surface area (Å²) in [5.74, 6) is 1.42. The summed E-state index contributed by atoms with van der Waals surface area (Å²) >= 11 is 0. The second-order valence-electron chi connectivity index (χ2n) is 4.82. The Morgan fingerprint density at radius 1 is 0.957 bits per heavy atom. The number of para-hydroxylation sites is 1. The van der Waals surface area contributed by atoms with Crippen LogP contribution < -0.4 is 19.8 Å². The second kappa shape index (κ2) is 6.00. The van der Waals surface area contributed by atoms with E-state index in [0.717, 1.165) is 0 Å². The molecule has 0 aliphatic rings. The summed E-state index contributed by atoms with van der Waals surface area (Å²) in [6, 6.07) is 10.6.